The highest BCUT2D eigenvalue weighted by molar-refractivity contribution is 7.99. The molecule has 4 bridgehead atoms. The van der Waals surface area contributed by atoms with E-state index in [4.69, 9.17) is 4.74 Å². The first-order valence-corrected chi connectivity index (χ1v) is 14.4. The lowest BCUT2D eigenvalue weighted by Gasteiger charge is -2.55. The predicted octanol–water partition coefficient (Wildman–Crippen LogP) is 4.84. The summed E-state index contributed by atoms with van der Waals surface area (Å²) in [6.45, 7) is 0.266. The number of methoxy groups -OCH3 is 1. The minimum atomic E-state index is -0.225. The van der Waals surface area contributed by atoms with Crippen LogP contribution in [0.5, 0.6) is 5.75 Å². The van der Waals surface area contributed by atoms with Gasteiger partial charge in [-0.2, -0.15) is 0 Å². The smallest absolute Gasteiger partial charge is 0.234 e. The molecule has 4 aliphatic carbocycles. The van der Waals surface area contributed by atoms with Gasteiger partial charge in [-0.3, -0.25) is 14.2 Å². The van der Waals surface area contributed by atoms with E-state index in [1.54, 1.807) is 7.11 Å². The molecule has 3 aromatic rings. The van der Waals surface area contributed by atoms with Crippen molar-refractivity contribution < 1.29 is 14.3 Å². The highest BCUT2D eigenvalue weighted by Gasteiger charge is 2.54. The number of hydrogen-bond acceptors (Lipinski definition) is 6. The van der Waals surface area contributed by atoms with Crippen molar-refractivity contribution in [3.63, 3.8) is 0 Å². The topological polar surface area (TPSA) is 98.1 Å². The summed E-state index contributed by atoms with van der Waals surface area (Å²) in [5.41, 5.74) is 1.29. The number of para-hydroxylation sites is 3. The van der Waals surface area contributed by atoms with E-state index in [0.29, 0.717) is 34.5 Å². The fourth-order valence-electron chi connectivity index (χ4n) is 7.15. The number of anilines is 1. The number of benzene rings is 2. The molecular formula is C29H33N5O3S. The molecule has 2 aromatic carbocycles. The summed E-state index contributed by atoms with van der Waals surface area (Å²) >= 11 is 1.30. The lowest BCUT2D eigenvalue weighted by atomic mass is 9.49. The van der Waals surface area contributed by atoms with Gasteiger partial charge in [-0.25, -0.2) is 0 Å². The van der Waals surface area contributed by atoms with Gasteiger partial charge < -0.3 is 15.4 Å². The molecule has 2 amide bonds. The van der Waals surface area contributed by atoms with E-state index < -0.39 is 0 Å². The molecular weight excluding hydrogens is 498 g/mol. The summed E-state index contributed by atoms with van der Waals surface area (Å²) in [6, 6.07) is 17.0. The van der Waals surface area contributed by atoms with E-state index in [9.17, 15) is 9.59 Å². The zero-order valence-corrected chi connectivity index (χ0v) is 22.4. The van der Waals surface area contributed by atoms with Gasteiger partial charge in [-0.15, -0.1) is 10.2 Å². The molecule has 1 heterocycles. The lowest BCUT2D eigenvalue weighted by molar-refractivity contribution is -0.146. The van der Waals surface area contributed by atoms with Crippen LogP contribution in [0.3, 0.4) is 0 Å². The van der Waals surface area contributed by atoms with Crippen LogP contribution in [0.25, 0.3) is 5.69 Å². The van der Waals surface area contributed by atoms with Crippen LogP contribution in [0, 0.1) is 23.2 Å². The van der Waals surface area contributed by atoms with E-state index >= 15 is 0 Å². The van der Waals surface area contributed by atoms with E-state index in [0.717, 1.165) is 30.6 Å². The zero-order valence-electron chi connectivity index (χ0n) is 21.6. The number of aromatic nitrogens is 3. The Morgan fingerprint density at radius 2 is 1.63 bits per heavy atom. The Morgan fingerprint density at radius 3 is 2.32 bits per heavy atom. The maximum Gasteiger partial charge on any atom is 0.234 e. The summed E-state index contributed by atoms with van der Waals surface area (Å²) in [5.74, 6) is 3.57. The summed E-state index contributed by atoms with van der Waals surface area (Å²) in [7, 11) is 1.62. The average molecular weight is 532 g/mol. The van der Waals surface area contributed by atoms with Gasteiger partial charge in [0.1, 0.15) is 5.75 Å². The van der Waals surface area contributed by atoms with Crippen LogP contribution in [-0.2, 0) is 16.1 Å². The Kier molecular flexibility index (Phi) is 6.86. The van der Waals surface area contributed by atoms with Crippen LogP contribution in [-0.4, -0.2) is 39.4 Å². The monoisotopic (exact) mass is 531 g/mol. The molecule has 38 heavy (non-hydrogen) atoms. The number of hydrogen-bond donors (Lipinski definition) is 2. The number of thioether (sulfide) groups is 1. The van der Waals surface area contributed by atoms with Gasteiger partial charge >= 0.3 is 0 Å². The summed E-state index contributed by atoms with van der Waals surface area (Å²) in [5, 5.41) is 15.5. The molecule has 8 nitrogen and oxygen atoms in total. The Bertz CT molecular complexity index is 1290. The molecule has 7 rings (SSSR count). The fourth-order valence-corrected chi connectivity index (χ4v) is 7.91. The fraction of sp³-hybridized carbons (Fsp3) is 0.448. The summed E-state index contributed by atoms with van der Waals surface area (Å²) in [6.07, 6.45) is 6.94. The van der Waals surface area contributed by atoms with Crippen LogP contribution in [0.15, 0.2) is 59.8 Å². The standard InChI is InChI=1S/C29H33N5O3S/c1-37-24-10-6-5-9-23(24)34-25(32-33-28(34)38-18-26(35)31-22-7-3-2-4-8-22)17-30-27(36)29-14-19-11-20(15-29)13-21(12-19)16-29/h2-10,19-21H,11-18H2,1H3,(H,30,36)(H,31,35). The second-order valence-electron chi connectivity index (χ2n) is 11.0. The van der Waals surface area contributed by atoms with Gasteiger partial charge in [-0.05, 0) is 80.5 Å². The Morgan fingerprint density at radius 1 is 0.974 bits per heavy atom. The average Bonchev–Trinajstić information content (AvgIpc) is 3.32. The van der Waals surface area contributed by atoms with Crippen molar-refractivity contribution in [2.45, 2.75) is 50.2 Å². The van der Waals surface area contributed by atoms with Gasteiger partial charge in [0.05, 0.1) is 25.1 Å². The highest BCUT2D eigenvalue weighted by atomic mass is 32.2. The Hall–Kier alpha value is -3.33. The number of carbonyl (C=O) groups excluding carboxylic acids is 2. The molecule has 4 saturated carbocycles. The second kappa shape index (κ2) is 10.4. The van der Waals surface area contributed by atoms with E-state index in [-0.39, 0.29) is 29.5 Å². The molecule has 0 radical (unpaired) electrons. The van der Waals surface area contributed by atoms with Crippen molar-refractivity contribution in [1.82, 2.24) is 20.1 Å². The molecule has 9 heteroatoms. The van der Waals surface area contributed by atoms with Crippen molar-refractivity contribution in [3.8, 4) is 11.4 Å². The largest absolute Gasteiger partial charge is 0.495 e. The van der Waals surface area contributed by atoms with Crippen LogP contribution >= 0.6 is 11.8 Å². The number of amides is 2. The van der Waals surface area contributed by atoms with Crippen LogP contribution in [0.2, 0.25) is 0 Å². The minimum absolute atomic E-state index is 0.132. The molecule has 4 aliphatic rings. The first-order chi connectivity index (χ1) is 18.5. The number of ether oxygens (including phenoxy) is 1. The third kappa shape index (κ3) is 4.91. The zero-order chi connectivity index (χ0) is 26.1. The quantitative estimate of drug-likeness (QED) is 0.384. The maximum absolute atomic E-state index is 13.6. The predicted molar refractivity (Wildman–Crippen MR) is 146 cm³/mol. The van der Waals surface area contributed by atoms with Crippen LogP contribution < -0.4 is 15.4 Å². The maximum atomic E-state index is 13.6. The highest BCUT2D eigenvalue weighted by Crippen LogP contribution is 2.60. The van der Waals surface area contributed by atoms with Gasteiger partial charge in [-0.1, -0.05) is 42.1 Å². The van der Waals surface area contributed by atoms with E-state index in [2.05, 4.69) is 20.8 Å². The van der Waals surface area contributed by atoms with Crippen molar-refractivity contribution in [1.29, 1.82) is 0 Å². The summed E-state index contributed by atoms with van der Waals surface area (Å²) in [4.78, 5) is 26.2. The molecule has 0 aliphatic heterocycles. The third-order valence-corrected chi connectivity index (χ3v) is 9.27. The summed E-state index contributed by atoms with van der Waals surface area (Å²) < 4.78 is 7.51. The van der Waals surface area contributed by atoms with E-state index in [1.165, 1.54) is 31.0 Å². The second-order valence-corrected chi connectivity index (χ2v) is 11.9. The molecule has 0 unspecified atom stereocenters. The number of nitrogens with one attached hydrogen (secondary N) is 2. The molecule has 4 fully saturated rings. The number of carbonyl (C=O) groups is 2. The third-order valence-electron chi connectivity index (χ3n) is 8.34. The van der Waals surface area contributed by atoms with Crippen molar-refractivity contribution in [2.75, 3.05) is 18.2 Å². The lowest BCUT2D eigenvalue weighted by Crippen LogP contribution is -2.53. The molecule has 0 spiro atoms. The minimum Gasteiger partial charge on any atom is -0.495 e. The van der Waals surface area contributed by atoms with Gasteiger partial charge in [0, 0.05) is 11.1 Å². The van der Waals surface area contributed by atoms with Gasteiger partial charge in [0.2, 0.25) is 11.8 Å². The van der Waals surface area contributed by atoms with Gasteiger partial charge in [0.15, 0.2) is 11.0 Å². The molecule has 0 saturated heterocycles. The number of rotatable bonds is 9. The van der Waals surface area contributed by atoms with Crippen molar-refractivity contribution in [3.05, 3.63) is 60.4 Å². The van der Waals surface area contributed by atoms with Crippen LogP contribution in [0.4, 0.5) is 5.69 Å². The number of nitrogens with zero attached hydrogens (tertiary/aromatic N) is 3. The van der Waals surface area contributed by atoms with Crippen molar-refractivity contribution in [2.24, 2.45) is 23.2 Å². The first kappa shape index (κ1) is 25.0. The SMILES string of the molecule is COc1ccccc1-n1c(CNC(=O)C23CC4CC(CC(C4)C2)C3)nnc1SCC(=O)Nc1ccccc1. The van der Waals surface area contributed by atoms with Crippen LogP contribution in [0.1, 0.15) is 44.3 Å². The molecule has 198 valence electrons. The molecule has 1 aromatic heterocycles. The Labute approximate surface area is 226 Å². The van der Waals surface area contributed by atoms with Crippen molar-refractivity contribution >= 4 is 29.3 Å². The Balaban J connectivity index is 1.20. The normalized spacial score (nSPS) is 25.2. The molecule has 0 atom stereocenters. The van der Waals surface area contributed by atoms with E-state index in [1.807, 2.05) is 59.2 Å². The molecule has 2 N–H and O–H groups in total. The van der Waals surface area contributed by atoms with Gasteiger partial charge in [0.25, 0.3) is 0 Å². The first-order valence-electron chi connectivity index (χ1n) is 13.4.